The van der Waals surface area contributed by atoms with Gasteiger partial charge in [-0.25, -0.2) is 4.98 Å². The number of amides is 1. The Morgan fingerprint density at radius 2 is 1.85 bits per heavy atom. The van der Waals surface area contributed by atoms with Crippen LogP contribution in [0.15, 0.2) is 72.1 Å². The molecule has 0 atom stereocenters. The van der Waals surface area contributed by atoms with Crippen LogP contribution in [0.25, 0.3) is 21.8 Å². The third-order valence-corrected chi connectivity index (χ3v) is 6.49. The Hall–Kier alpha value is -3.48. The molecule has 1 amide bonds. The molecule has 4 rings (SSSR count). The molecule has 0 spiro atoms. The first kappa shape index (κ1) is 23.7. The van der Waals surface area contributed by atoms with E-state index in [1.807, 2.05) is 66.9 Å². The van der Waals surface area contributed by atoms with Crippen LogP contribution in [0.1, 0.15) is 28.8 Å². The molecule has 1 heterocycles. The number of anilines is 1. The van der Waals surface area contributed by atoms with Crippen LogP contribution in [-0.4, -0.2) is 23.8 Å². The Bertz CT molecular complexity index is 1350. The molecule has 0 saturated heterocycles. The number of ketones is 1. The molecule has 1 aromatic heterocycles. The molecule has 172 valence electrons. The van der Waals surface area contributed by atoms with Gasteiger partial charge in [-0.2, -0.15) is 0 Å². The lowest BCUT2D eigenvalue weighted by atomic mass is 10.0. The van der Waals surface area contributed by atoms with E-state index in [4.69, 9.17) is 21.3 Å². The summed E-state index contributed by atoms with van der Waals surface area (Å²) in [5.41, 5.74) is 4.68. The van der Waals surface area contributed by atoms with Crippen molar-refractivity contribution in [2.75, 3.05) is 12.4 Å². The van der Waals surface area contributed by atoms with E-state index in [-0.39, 0.29) is 24.5 Å². The van der Waals surface area contributed by atoms with Gasteiger partial charge < -0.3 is 10.1 Å². The van der Waals surface area contributed by atoms with Crippen molar-refractivity contribution >= 4 is 40.3 Å². The zero-order chi connectivity index (χ0) is 24.1. The number of rotatable bonds is 8. The number of halogens is 1. The van der Waals surface area contributed by atoms with Crippen molar-refractivity contribution in [1.82, 2.24) is 4.98 Å². The van der Waals surface area contributed by atoms with E-state index < -0.39 is 0 Å². The second-order valence-electron chi connectivity index (χ2n) is 7.77. The predicted octanol–water partition coefficient (Wildman–Crippen LogP) is 7.05. The maximum Gasteiger partial charge on any atom is 0.224 e. The fourth-order valence-corrected chi connectivity index (χ4v) is 4.70. The SMILES string of the molecule is COc1ccc(C)cc1C(=O)CCC(=O)Nc1cccc(-c2csc(-c3ccccc3Cl)n2)c1. The third-order valence-electron chi connectivity index (χ3n) is 5.29. The first-order valence-electron chi connectivity index (χ1n) is 10.7. The minimum atomic E-state index is -0.229. The number of aromatic nitrogens is 1. The number of nitrogens with zero attached hydrogens (tertiary/aromatic N) is 1. The summed E-state index contributed by atoms with van der Waals surface area (Å²) in [6.07, 6.45) is 0.173. The van der Waals surface area contributed by atoms with Gasteiger partial charge in [0.05, 0.1) is 23.4 Å². The van der Waals surface area contributed by atoms with E-state index >= 15 is 0 Å². The molecule has 0 fully saturated rings. The average molecular weight is 491 g/mol. The van der Waals surface area contributed by atoms with Crippen molar-refractivity contribution in [2.45, 2.75) is 19.8 Å². The number of methoxy groups -OCH3 is 1. The fourth-order valence-electron chi connectivity index (χ4n) is 3.55. The number of aryl methyl sites for hydroxylation is 1. The lowest BCUT2D eigenvalue weighted by Crippen LogP contribution is -2.14. The van der Waals surface area contributed by atoms with Crippen molar-refractivity contribution in [2.24, 2.45) is 0 Å². The second-order valence-corrected chi connectivity index (χ2v) is 9.04. The van der Waals surface area contributed by atoms with Crippen LogP contribution in [0, 0.1) is 6.92 Å². The van der Waals surface area contributed by atoms with Gasteiger partial charge >= 0.3 is 0 Å². The number of thiazole rings is 1. The summed E-state index contributed by atoms with van der Waals surface area (Å²) >= 11 is 7.81. The Morgan fingerprint density at radius 1 is 1.03 bits per heavy atom. The molecule has 34 heavy (non-hydrogen) atoms. The molecule has 0 radical (unpaired) electrons. The zero-order valence-corrected chi connectivity index (χ0v) is 20.4. The first-order chi connectivity index (χ1) is 16.4. The summed E-state index contributed by atoms with van der Waals surface area (Å²) in [5.74, 6) is 0.161. The van der Waals surface area contributed by atoms with E-state index in [0.717, 1.165) is 27.4 Å². The maximum atomic E-state index is 12.6. The predicted molar refractivity (Wildman–Crippen MR) is 138 cm³/mol. The number of hydrogen-bond acceptors (Lipinski definition) is 5. The Balaban J connectivity index is 1.41. The summed E-state index contributed by atoms with van der Waals surface area (Å²) in [6, 6.07) is 20.5. The topological polar surface area (TPSA) is 68.3 Å². The normalized spacial score (nSPS) is 10.7. The Kier molecular flexibility index (Phi) is 7.40. The number of Topliss-reactive ketones (excluding diaryl/α,β-unsaturated/α-hetero) is 1. The van der Waals surface area contributed by atoms with Gasteiger partial charge in [0.15, 0.2) is 5.78 Å². The van der Waals surface area contributed by atoms with E-state index in [2.05, 4.69) is 5.32 Å². The second kappa shape index (κ2) is 10.6. The van der Waals surface area contributed by atoms with Crippen LogP contribution in [-0.2, 0) is 4.79 Å². The standard InChI is InChI=1S/C27H23ClN2O3S/c1-17-10-12-25(33-2)21(14-17)24(31)11-13-26(32)29-19-7-5-6-18(15-19)23-16-34-27(30-23)20-8-3-4-9-22(20)28/h3-10,12,14-16H,11,13H2,1-2H3,(H,29,32). The fraction of sp³-hybridized carbons (Fsp3) is 0.148. The van der Waals surface area contributed by atoms with E-state index in [1.54, 1.807) is 12.1 Å². The molecular formula is C27H23ClN2O3S. The van der Waals surface area contributed by atoms with Crippen LogP contribution in [0.4, 0.5) is 5.69 Å². The van der Waals surface area contributed by atoms with Gasteiger partial charge in [-0.3, -0.25) is 9.59 Å². The number of carbonyl (C=O) groups is 2. The number of benzene rings is 3. The van der Waals surface area contributed by atoms with Crippen molar-refractivity contribution < 1.29 is 14.3 Å². The molecule has 0 aliphatic rings. The maximum absolute atomic E-state index is 12.6. The summed E-state index contributed by atoms with van der Waals surface area (Å²) < 4.78 is 5.28. The molecule has 1 N–H and O–H groups in total. The summed E-state index contributed by atoms with van der Waals surface area (Å²) in [6.45, 7) is 1.91. The zero-order valence-electron chi connectivity index (χ0n) is 18.8. The van der Waals surface area contributed by atoms with Gasteiger partial charge in [-0.1, -0.05) is 53.6 Å². The van der Waals surface area contributed by atoms with Crippen molar-refractivity contribution in [3.8, 4) is 27.6 Å². The molecule has 0 bridgehead atoms. The molecule has 0 aliphatic carbocycles. The Labute approximate surface area is 207 Å². The quantitative estimate of drug-likeness (QED) is 0.269. The monoisotopic (exact) mass is 490 g/mol. The van der Waals surface area contributed by atoms with Crippen molar-refractivity contribution in [3.63, 3.8) is 0 Å². The van der Waals surface area contributed by atoms with E-state index in [9.17, 15) is 9.59 Å². The molecule has 0 unspecified atom stereocenters. The first-order valence-corrected chi connectivity index (χ1v) is 12.0. The number of nitrogens with one attached hydrogen (secondary N) is 1. The lowest BCUT2D eigenvalue weighted by Gasteiger charge is -2.09. The molecule has 7 heteroatoms. The molecule has 5 nitrogen and oxygen atoms in total. The third kappa shape index (κ3) is 5.53. The van der Waals surface area contributed by atoms with Gasteiger partial charge in [0, 0.05) is 35.0 Å². The van der Waals surface area contributed by atoms with Crippen LogP contribution in [0.2, 0.25) is 5.02 Å². The average Bonchev–Trinajstić information content (AvgIpc) is 3.33. The van der Waals surface area contributed by atoms with Gasteiger partial charge in [-0.05, 0) is 37.3 Å². The molecule has 3 aromatic carbocycles. The van der Waals surface area contributed by atoms with Crippen LogP contribution in [0.3, 0.4) is 0 Å². The van der Waals surface area contributed by atoms with Gasteiger partial charge in [0.1, 0.15) is 10.8 Å². The summed E-state index contributed by atoms with van der Waals surface area (Å²) in [7, 11) is 1.53. The minimum Gasteiger partial charge on any atom is -0.496 e. The van der Waals surface area contributed by atoms with Crippen LogP contribution in [0.5, 0.6) is 5.75 Å². The lowest BCUT2D eigenvalue weighted by molar-refractivity contribution is -0.116. The molecule has 0 saturated carbocycles. The smallest absolute Gasteiger partial charge is 0.224 e. The number of ether oxygens (including phenoxy) is 1. The van der Waals surface area contributed by atoms with Crippen molar-refractivity contribution in [1.29, 1.82) is 0 Å². The summed E-state index contributed by atoms with van der Waals surface area (Å²) in [4.78, 5) is 29.9. The molecular weight excluding hydrogens is 468 g/mol. The largest absolute Gasteiger partial charge is 0.496 e. The highest BCUT2D eigenvalue weighted by atomic mass is 35.5. The molecule has 4 aromatic rings. The summed E-state index contributed by atoms with van der Waals surface area (Å²) in [5, 5.41) is 6.33. The molecule has 0 aliphatic heterocycles. The highest BCUT2D eigenvalue weighted by molar-refractivity contribution is 7.13. The number of carbonyl (C=O) groups excluding carboxylic acids is 2. The minimum absolute atomic E-state index is 0.0769. The van der Waals surface area contributed by atoms with Gasteiger partial charge in [-0.15, -0.1) is 11.3 Å². The van der Waals surface area contributed by atoms with Gasteiger partial charge in [0.2, 0.25) is 5.91 Å². The number of hydrogen-bond donors (Lipinski definition) is 1. The van der Waals surface area contributed by atoms with E-state index in [0.29, 0.717) is 22.0 Å². The Morgan fingerprint density at radius 3 is 2.65 bits per heavy atom. The van der Waals surface area contributed by atoms with Gasteiger partial charge in [0.25, 0.3) is 0 Å². The highest BCUT2D eigenvalue weighted by Crippen LogP contribution is 2.33. The van der Waals surface area contributed by atoms with Crippen LogP contribution >= 0.6 is 22.9 Å². The van der Waals surface area contributed by atoms with Crippen LogP contribution < -0.4 is 10.1 Å². The van der Waals surface area contributed by atoms with Crippen molar-refractivity contribution in [3.05, 3.63) is 88.3 Å². The van der Waals surface area contributed by atoms with E-state index in [1.165, 1.54) is 18.4 Å². The highest BCUT2D eigenvalue weighted by Gasteiger charge is 2.15.